The molecule has 0 saturated heterocycles. The van der Waals surface area contributed by atoms with E-state index in [0.717, 1.165) is 24.3 Å². The number of amides is 3. The second-order valence-corrected chi connectivity index (χ2v) is 12.3. The number of nitrogens with one attached hydrogen (secondary N) is 2. The molecule has 3 N–H and O–H groups in total. The first-order valence-corrected chi connectivity index (χ1v) is 15.2. The number of nitrogens with zero attached hydrogens (tertiary/aromatic N) is 2. The molecule has 0 unspecified atom stereocenters. The lowest BCUT2D eigenvalue weighted by Gasteiger charge is -2.38. The van der Waals surface area contributed by atoms with Crippen LogP contribution < -0.4 is 14.8 Å². The van der Waals surface area contributed by atoms with Crippen LogP contribution in [0, 0.1) is 5.92 Å². The molecule has 3 atom stereocenters. The van der Waals surface area contributed by atoms with Crippen molar-refractivity contribution >= 4 is 33.3 Å². The summed E-state index contributed by atoms with van der Waals surface area (Å²) in [6, 6.07) is 14.9. The second kappa shape index (κ2) is 13.1. The number of carbonyl (C=O) groups is 2. The summed E-state index contributed by atoms with van der Waals surface area (Å²) in [5.74, 6) is -0.928. The number of hydrogen-bond acceptors (Lipinski definition) is 6. The van der Waals surface area contributed by atoms with Gasteiger partial charge in [0.05, 0.1) is 40.9 Å². The van der Waals surface area contributed by atoms with Gasteiger partial charge in [0.15, 0.2) is 5.75 Å². The van der Waals surface area contributed by atoms with E-state index in [9.17, 15) is 36.3 Å². The van der Waals surface area contributed by atoms with Gasteiger partial charge in [-0.25, -0.2) is 13.2 Å². The Morgan fingerprint density at radius 1 is 1.09 bits per heavy atom. The number of hydrogen-bond donors (Lipinski definition) is 3. The number of alkyl halides is 3. The predicted molar refractivity (Wildman–Crippen MR) is 158 cm³/mol. The Kier molecular flexibility index (Phi) is 9.74. The van der Waals surface area contributed by atoms with E-state index in [4.69, 9.17) is 4.74 Å². The van der Waals surface area contributed by atoms with Crippen molar-refractivity contribution in [1.29, 1.82) is 0 Å². The maximum absolute atomic E-state index is 13.7. The Morgan fingerprint density at radius 3 is 2.36 bits per heavy atom. The summed E-state index contributed by atoms with van der Waals surface area (Å²) >= 11 is 0. The Bertz CT molecular complexity index is 1590. The molecule has 0 aromatic heterocycles. The molecule has 14 heteroatoms. The molecule has 1 aliphatic heterocycles. The molecule has 1 aliphatic rings. The molecule has 0 saturated carbocycles. The fourth-order valence-electron chi connectivity index (χ4n) is 4.66. The Morgan fingerprint density at radius 2 is 1.75 bits per heavy atom. The van der Waals surface area contributed by atoms with E-state index >= 15 is 0 Å². The van der Waals surface area contributed by atoms with Crippen LogP contribution in [-0.4, -0.2) is 74.2 Å². The van der Waals surface area contributed by atoms with Crippen molar-refractivity contribution in [3.8, 4) is 5.75 Å². The van der Waals surface area contributed by atoms with Gasteiger partial charge in [-0.05, 0) is 55.5 Å². The summed E-state index contributed by atoms with van der Waals surface area (Å²) in [7, 11) is -2.60. The highest BCUT2D eigenvalue weighted by Crippen LogP contribution is 2.36. The van der Waals surface area contributed by atoms with E-state index in [0.29, 0.717) is 0 Å². The summed E-state index contributed by atoms with van der Waals surface area (Å²) in [5.41, 5.74) is -0.633. The monoisotopic (exact) mass is 634 g/mol. The Balaban J connectivity index is 1.64. The molecule has 3 amide bonds. The van der Waals surface area contributed by atoms with Crippen molar-refractivity contribution in [2.24, 2.45) is 5.92 Å². The number of aliphatic hydroxyl groups is 1. The number of halogens is 3. The molecule has 0 bridgehead atoms. The molecular formula is C30H33F3N4O6S. The van der Waals surface area contributed by atoms with Crippen molar-refractivity contribution in [2.45, 2.75) is 37.1 Å². The van der Waals surface area contributed by atoms with Crippen LogP contribution in [-0.2, 0) is 16.2 Å². The van der Waals surface area contributed by atoms with Gasteiger partial charge >= 0.3 is 12.2 Å². The van der Waals surface area contributed by atoms with E-state index < -0.39 is 51.8 Å². The molecule has 4 rings (SSSR count). The van der Waals surface area contributed by atoms with Crippen LogP contribution in [0.2, 0.25) is 0 Å². The molecule has 0 fully saturated rings. The highest BCUT2D eigenvalue weighted by atomic mass is 32.2. The number of likely N-dealkylation sites (N-methyl/N-ethyl adjacent to an activating group) is 1. The average Bonchev–Trinajstić information content (AvgIpc) is 2.98. The standard InChI is InChI=1S/C30H33F3N4O6S/c1-19-16-37(20(2)18-38)28(39)24-10-7-11-25(35-44(41,42)23-8-5-4-6-9-23)27(24)43-26(19)17-36(3)29(40)34-22-14-12-21(13-15-22)30(31,32)33/h4-15,19-20,26,35,38H,16-18H2,1-3H3,(H,34,40)/t19-,20-,26-/m0/s1. The zero-order chi connectivity index (χ0) is 32.2. The number of para-hydroxylation sites is 1. The number of benzene rings is 3. The summed E-state index contributed by atoms with van der Waals surface area (Å²) in [5, 5.41) is 12.4. The van der Waals surface area contributed by atoms with E-state index in [2.05, 4.69) is 10.0 Å². The SMILES string of the molecule is C[C@H]1CN([C@@H](C)CO)C(=O)c2cccc(NS(=O)(=O)c3ccccc3)c2O[C@H]1CN(C)C(=O)Nc1ccc(C(F)(F)F)cc1. The van der Waals surface area contributed by atoms with Crippen molar-refractivity contribution in [1.82, 2.24) is 9.80 Å². The molecule has 10 nitrogen and oxygen atoms in total. The van der Waals surface area contributed by atoms with Crippen LogP contribution in [0.3, 0.4) is 0 Å². The largest absolute Gasteiger partial charge is 0.485 e. The molecule has 44 heavy (non-hydrogen) atoms. The van der Waals surface area contributed by atoms with Crippen LogP contribution in [0.5, 0.6) is 5.75 Å². The third-order valence-corrected chi connectivity index (χ3v) is 8.63. The second-order valence-electron chi connectivity index (χ2n) is 10.6. The molecular weight excluding hydrogens is 601 g/mol. The zero-order valence-electron chi connectivity index (χ0n) is 24.2. The van der Waals surface area contributed by atoms with Crippen molar-refractivity contribution in [3.63, 3.8) is 0 Å². The zero-order valence-corrected chi connectivity index (χ0v) is 25.0. The number of urea groups is 1. The molecule has 3 aromatic rings. The minimum absolute atomic E-state index is 0.00473. The first-order valence-electron chi connectivity index (χ1n) is 13.7. The normalized spacial score (nSPS) is 17.9. The quantitative estimate of drug-likeness (QED) is 0.324. The predicted octanol–water partition coefficient (Wildman–Crippen LogP) is 4.89. The number of ether oxygens (including phenoxy) is 1. The number of anilines is 2. The van der Waals surface area contributed by atoms with Gasteiger partial charge in [-0.2, -0.15) is 13.2 Å². The van der Waals surface area contributed by atoms with Crippen LogP contribution in [0.4, 0.5) is 29.3 Å². The number of carbonyl (C=O) groups excluding carboxylic acids is 2. The average molecular weight is 635 g/mol. The van der Waals surface area contributed by atoms with Crippen LogP contribution in [0.15, 0.2) is 77.7 Å². The number of fused-ring (bicyclic) bond motifs is 1. The van der Waals surface area contributed by atoms with Gasteiger partial charge in [-0.15, -0.1) is 0 Å². The summed E-state index contributed by atoms with van der Waals surface area (Å²) in [6.45, 7) is 3.25. The van der Waals surface area contributed by atoms with Gasteiger partial charge in [0, 0.05) is 25.2 Å². The van der Waals surface area contributed by atoms with Crippen LogP contribution in [0.1, 0.15) is 29.8 Å². The van der Waals surface area contributed by atoms with Gasteiger partial charge in [0.1, 0.15) is 6.10 Å². The number of sulfonamides is 1. The van der Waals surface area contributed by atoms with Gasteiger partial charge in [-0.3, -0.25) is 9.52 Å². The lowest BCUT2D eigenvalue weighted by Crippen LogP contribution is -2.50. The van der Waals surface area contributed by atoms with Gasteiger partial charge in [0.2, 0.25) is 0 Å². The number of rotatable bonds is 8. The van der Waals surface area contributed by atoms with Crippen LogP contribution >= 0.6 is 0 Å². The summed E-state index contributed by atoms with van der Waals surface area (Å²) in [6.07, 6.45) is -5.29. The third kappa shape index (κ3) is 7.42. The fourth-order valence-corrected chi connectivity index (χ4v) is 5.74. The summed E-state index contributed by atoms with van der Waals surface area (Å²) < 4.78 is 74.0. The van der Waals surface area contributed by atoms with Crippen molar-refractivity contribution in [2.75, 3.05) is 36.8 Å². The Labute approximate surface area is 253 Å². The molecule has 0 aliphatic carbocycles. The summed E-state index contributed by atoms with van der Waals surface area (Å²) in [4.78, 5) is 29.4. The van der Waals surface area contributed by atoms with E-state index in [-0.39, 0.29) is 47.3 Å². The number of aliphatic hydroxyl groups excluding tert-OH is 1. The van der Waals surface area contributed by atoms with Gasteiger partial charge in [0.25, 0.3) is 15.9 Å². The molecule has 0 radical (unpaired) electrons. The maximum Gasteiger partial charge on any atom is 0.416 e. The fraction of sp³-hybridized carbons (Fsp3) is 0.333. The molecule has 1 heterocycles. The smallest absolute Gasteiger partial charge is 0.416 e. The lowest BCUT2D eigenvalue weighted by molar-refractivity contribution is -0.137. The van der Waals surface area contributed by atoms with E-state index in [1.54, 1.807) is 32.0 Å². The first-order chi connectivity index (χ1) is 20.7. The van der Waals surface area contributed by atoms with Crippen molar-refractivity contribution < 1.29 is 41.0 Å². The molecule has 3 aromatic carbocycles. The molecule has 236 valence electrons. The minimum atomic E-state index is -4.52. The van der Waals surface area contributed by atoms with E-state index in [1.165, 1.54) is 47.2 Å². The minimum Gasteiger partial charge on any atom is -0.485 e. The van der Waals surface area contributed by atoms with Crippen molar-refractivity contribution in [3.05, 3.63) is 83.9 Å². The highest BCUT2D eigenvalue weighted by Gasteiger charge is 2.36. The topological polar surface area (TPSA) is 128 Å². The first kappa shape index (κ1) is 32.6. The Hall–Kier alpha value is -4.30. The van der Waals surface area contributed by atoms with Gasteiger partial charge < -0.3 is 25.0 Å². The maximum atomic E-state index is 13.7. The van der Waals surface area contributed by atoms with E-state index in [1.807, 2.05) is 0 Å². The highest BCUT2D eigenvalue weighted by molar-refractivity contribution is 7.92. The van der Waals surface area contributed by atoms with Crippen LogP contribution in [0.25, 0.3) is 0 Å². The molecule has 0 spiro atoms. The third-order valence-electron chi connectivity index (χ3n) is 7.25. The lowest BCUT2D eigenvalue weighted by atomic mass is 9.99. The van der Waals surface area contributed by atoms with Gasteiger partial charge in [-0.1, -0.05) is 31.2 Å².